The summed E-state index contributed by atoms with van der Waals surface area (Å²) >= 11 is 5.95. The molecule has 6 nitrogen and oxygen atoms in total. The van der Waals surface area contributed by atoms with Gasteiger partial charge in [-0.3, -0.25) is 9.59 Å². The number of rotatable bonds is 4. The molecule has 0 aliphatic heterocycles. The standard InChI is InChI=1S/C21H18ClFN4O2/c1-13-11-15(14(2)27(13)19-10-6-4-8-17(19)23)12-24-26-21(29)20(28)25-18-9-5-3-7-16(18)22/h3-12H,1-2H3,(H,25,28)(H,26,29)/b24-12-. The van der Waals surface area contributed by atoms with Crippen LogP contribution >= 0.6 is 11.6 Å². The van der Waals surface area contributed by atoms with E-state index in [2.05, 4.69) is 15.8 Å². The summed E-state index contributed by atoms with van der Waals surface area (Å²) in [7, 11) is 0. The minimum absolute atomic E-state index is 0.317. The Morgan fingerprint density at radius 3 is 2.48 bits per heavy atom. The summed E-state index contributed by atoms with van der Waals surface area (Å²) in [6.45, 7) is 3.65. The fourth-order valence-electron chi connectivity index (χ4n) is 2.87. The van der Waals surface area contributed by atoms with E-state index >= 15 is 0 Å². The van der Waals surface area contributed by atoms with Gasteiger partial charge in [-0.15, -0.1) is 0 Å². The molecule has 0 saturated carbocycles. The second-order valence-corrected chi connectivity index (χ2v) is 6.65. The highest BCUT2D eigenvalue weighted by Gasteiger charge is 2.15. The van der Waals surface area contributed by atoms with Gasteiger partial charge >= 0.3 is 11.8 Å². The molecule has 0 radical (unpaired) electrons. The van der Waals surface area contributed by atoms with E-state index in [0.717, 1.165) is 11.4 Å². The van der Waals surface area contributed by atoms with Gasteiger partial charge < -0.3 is 9.88 Å². The number of hydrogen-bond donors (Lipinski definition) is 2. The molecule has 2 N–H and O–H groups in total. The molecule has 0 unspecified atom stereocenters. The number of nitrogens with zero attached hydrogens (tertiary/aromatic N) is 2. The molecule has 3 rings (SSSR count). The van der Waals surface area contributed by atoms with Gasteiger partial charge in [0.2, 0.25) is 0 Å². The zero-order valence-electron chi connectivity index (χ0n) is 15.7. The van der Waals surface area contributed by atoms with Crippen LogP contribution < -0.4 is 10.7 Å². The molecule has 3 aromatic rings. The van der Waals surface area contributed by atoms with Crippen molar-refractivity contribution in [1.29, 1.82) is 0 Å². The van der Waals surface area contributed by atoms with Crippen molar-refractivity contribution in [2.24, 2.45) is 5.10 Å². The van der Waals surface area contributed by atoms with E-state index in [1.54, 1.807) is 53.1 Å². The van der Waals surface area contributed by atoms with Gasteiger partial charge in [0.1, 0.15) is 5.82 Å². The summed E-state index contributed by atoms with van der Waals surface area (Å²) in [5, 5.41) is 6.56. The highest BCUT2D eigenvalue weighted by atomic mass is 35.5. The normalized spacial score (nSPS) is 10.9. The number of para-hydroxylation sites is 2. The Kier molecular flexibility index (Phi) is 6.09. The summed E-state index contributed by atoms with van der Waals surface area (Å²) in [6.07, 6.45) is 1.40. The van der Waals surface area contributed by atoms with Gasteiger partial charge in [-0.05, 0) is 44.2 Å². The van der Waals surface area contributed by atoms with Crippen LogP contribution in [0.5, 0.6) is 0 Å². The Balaban J connectivity index is 1.70. The maximum Gasteiger partial charge on any atom is 0.329 e. The topological polar surface area (TPSA) is 75.5 Å². The van der Waals surface area contributed by atoms with Crippen LogP contribution in [0.1, 0.15) is 17.0 Å². The van der Waals surface area contributed by atoms with Crippen LogP contribution in [0.4, 0.5) is 10.1 Å². The quantitative estimate of drug-likeness (QED) is 0.386. The maximum atomic E-state index is 14.1. The summed E-state index contributed by atoms with van der Waals surface area (Å²) in [5.41, 5.74) is 5.14. The summed E-state index contributed by atoms with van der Waals surface area (Å²) < 4.78 is 15.9. The first-order valence-corrected chi connectivity index (χ1v) is 9.09. The van der Waals surface area contributed by atoms with Crippen molar-refractivity contribution < 1.29 is 14.0 Å². The van der Waals surface area contributed by atoms with Crippen LogP contribution in [-0.2, 0) is 9.59 Å². The van der Waals surface area contributed by atoms with Gasteiger partial charge in [0.05, 0.1) is 22.6 Å². The Labute approximate surface area is 172 Å². The monoisotopic (exact) mass is 412 g/mol. The molecule has 2 aromatic carbocycles. The van der Waals surface area contributed by atoms with Gasteiger partial charge in [-0.2, -0.15) is 5.10 Å². The van der Waals surface area contributed by atoms with Gasteiger partial charge in [0, 0.05) is 17.0 Å². The molecular formula is C21H18ClFN4O2. The van der Waals surface area contributed by atoms with Gasteiger partial charge in [0.15, 0.2) is 0 Å². The molecule has 29 heavy (non-hydrogen) atoms. The van der Waals surface area contributed by atoms with Crippen LogP contribution in [0.3, 0.4) is 0 Å². The molecule has 0 bridgehead atoms. The summed E-state index contributed by atoms with van der Waals surface area (Å²) in [4.78, 5) is 23.9. The minimum atomic E-state index is -0.941. The summed E-state index contributed by atoms with van der Waals surface area (Å²) in [6, 6.07) is 14.8. The predicted octanol–water partition coefficient (Wildman–Crippen LogP) is 3.98. The lowest BCUT2D eigenvalue weighted by atomic mass is 10.2. The first-order valence-electron chi connectivity index (χ1n) is 8.71. The smallest absolute Gasteiger partial charge is 0.316 e. The second-order valence-electron chi connectivity index (χ2n) is 6.25. The third-order valence-corrected chi connectivity index (χ3v) is 4.59. The SMILES string of the molecule is Cc1cc(/C=N\NC(=O)C(=O)Nc2ccccc2Cl)c(C)n1-c1ccccc1F. The molecular weight excluding hydrogens is 395 g/mol. The van der Waals surface area contributed by atoms with E-state index < -0.39 is 11.8 Å². The van der Waals surface area contributed by atoms with Gasteiger partial charge in [-0.1, -0.05) is 35.9 Å². The zero-order valence-corrected chi connectivity index (χ0v) is 16.5. The van der Waals surface area contributed by atoms with Crippen LogP contribution in [0.25, 0.3) is 5.69 Å². The average molecular weight is 413 g/mol. The van der Waals surface area contributed by atoms with Crippen molar-refractivity contribution >= 4 is 35.3 Å². The predicted molar refractivity (Wildman–Crippen MR) is 111 cm³/mol. The fraction of sp³-hybridized carbons (Fsp3) is 0.0952. The Morgan fingerprint density at radius 2 is 1.76 bits per heavy atom. The molecule has 148 valence electrons. The Morgan fingerprint density at radius 1 is 1.07 bits per heavy atom. The third-order valence-electron chi connectivity index (χ3n) is 4.26. The number of carbonyl (C=O) groups excluding carboxylic acids is 2. The fourth-order valence-corrected chi connectivity index (χ4v) is 3.06. The Hall–Kier alpha value is -3.45. The van der Waals surface area contributed by atoms with E-state index in [1.807, 2.05) is 13.8 Å². The van der Waals surface area contributed by atoms with Crippen molar-refractivity contribution in [2.45, 2.75) is 13.8 Å². The number of hydrazone groups is 1. The molecule has 0 aliphatic rings. The highest BCUT2D eigenvalue weighted by Crippen LogP contribution is 2.22. The number of aromatic nitrogens is 1. The van der Waals surface area contributed by atoms with Crippen molar-refractivity contribution in [3.8, 4) is 5.69 Å². The molecule has 0 aliphatic carbocycles. The van der Waals surface area contributed by atoms with Gasteiger partial charge in [-0.25, -0.2) is 9.82 Å². The number of benzene rings is 2. The molecule has 8 heteroatoms. The van der Waals surface area contributed by atoms with Crippen molar-refractivity contribution in [2.75, 3.05) is 5.32 Å². The number of hydrogen-bond acceptors (Lipinski definition) is 3. The van der Waals surface area contributed by atoms with E-state index in [9.17, 15) is 14.0 Å². The van der Waals surface area contributed by atoms with E-state index in [4.69, 9.17) is 11.6 Å². The highest BCUT2D eigenvalue weighted by molar-refractivity contribution is 6.41. The lowest BCUT2D eigenvalue weighted by molar-refractivity contribution is -0.136. The number of halogens is 2. The maximum absolute atomic E-state index is 14.1. The summed E-state index contributed by atoms with van der Waals surface area (Å²) in [5.74, 6) is -2.18. The van der Waals surface area contributed by atoms with Crippen LogP contribution in [0.2, 0.25) is 5.02 Å². The van der Waals surface area contributed by atoms with Crippen molar-refractivity contribution in [3.05, 3.63) is 82.4 Å². The second kappa shape index (κ2) is 8.70. The molecule has 1 aromatic heterocycles. The van der Waals surface area contributed by atoms with Gasteiger partial charge in [0.25, 0.3) is 0 Å². The first-order chi connectivity index (χ1) is 13.9. The lowest BCUT2D eigenvalue weighted by Gasteiger charge is -2.10. The van der Waals surface area contributed by atoms with E-state index in [1.165, 1.54) is 12.3 Å². The average Bonchev–Trinajstić information content (AvgIpc) is 2.97. The van der Waals surface area contributed by atoms with E-state index in [-0.39, 0.29) is 5.82 Å². The third kappa shape index (κ3) is 4.52. The Bertz CT molecular complexity index is 1110. The molecule has 0 fully saturated rings. The van der Waals surface area contributed by atoms with Crippen molar-refractivity contribution in [3.63, 3.8) is 0 Å². The first kappa shape index (κ1) is 20.3. The molecule has 0 spiro atoms. The largest absolute Gasteiger partial charge is 0.329 e. The van der Waals surface area contributed by atoms with Crippen LogP contribution in [-0.4, -0.2) is 22.6 Å². The van der Waals surface area contributed by atoms with Crippen LogP contribution in [0.15, 0.2) is 59.7 Å². The molecule has 0 saturated heterocycles. The van der Waals surface area contributed by atoms with Crippen LogP contribution in [0, 0.1) is 19.7 Å². The number of anilines is 1. The van der Waals surface area contributed by atoms with Crippen molar-refractivity contribution in [1.82, 2.24) is 9.99 Å². The molecule has 1 heterocycles. The zero-order chi connectivity index (χ0) is 21.0. The number of carbonyl (C=O) groups is 2. The number of nitrogens with one attached hydrogen (secondary N) is 2. The molecule has 2 amide bonds. The molecule has 0 atom stereocenters. The lowest BCUT2D eigenvalue weighted by Crippen LogP contribution is -2.32. The van der Waals surface area contributed by atoms with E-state index in [0.29, 0.717) is 22.0 Å². The number of aryl methyl sites for hydroxylation is 1. The number of amides is 2. The minimum Gasteiger partial charge on any atom is -0.316 e.